The Labute approximate surface area is 198 Å². The highest BCUT2D eigenvalue weighted by molar-refractivity contribution is 14.1. The van der Waals surface area contributed by atoms with Crippen molar-refractivity contribution in [2.24, 2.45) is 5.73 Å². The number of phenolic OH excluding ortho intramolecular Hbond substituents is 1. The predicted octanol–water partition coefficient (Wildman–Crippen LogP) is 4.05. The van der Waals surface area contributed by atoms with E-state index in [2.05, 4.69) is 45.2 Å². The first-order valence-corrected chi connectivity index (χ1v) is 10.9. The van der Waals surface area contributed by atoms with E-state index in [1.807, 2.05) is 45.2 Å². The number of carboxylic acids is 1. The summed E-state index contributed by atoms with van der Waals surface area (Å²) >= 11 is 8.15. The zero-order valence-electron chi connectivity index (χ0n) is 12.2. The van der Waals surface area contributed by atoms with Crippen molar-refractivity contribution in [2.45, 2.75) is 12.1 Å². The molecular weight excluding hydrogens is 782 g/mol. The summed E-state index contributed by atoms with van der Waals surface area (Å²) in [6.07, 6.45) is -1.32. The number of nitrogens with two attached hydrogens (primary N) is 1. The van der Waals surface area contributed by atoms with Gasteiger partial charge in [-0.3, -0.25) is 4.79 Å². The summed E-state index contributed by atoms with van der Waals surface area (Å²) in [4.78, 5) is 10.9. The number of aliphatic carboxylic acids is 1. The van der Waals surface area contributed by atoms with E-state index in [9.17, 15) is 15.0 Å². The summed E-state index contributed by atoms with van der Waals surface area (Å²) < 4.78 is 8.68. The molecule has 2 aromatic rings. The number of hydrogen-bond donors (Lipinski definition) is 4. The van der Waals surface area contributed by atoms with E-state index in [1.54, 1.807) is 24.3 Å². The second kappa shape index (κ2) is 9.03. The van der Waals surface area contributed by atoms with Crippen LogP contribution in [0.4, 0.5) is 0 Å². The Morgan fingerprint density at radius 2 is 1.48 bits per heavy atom. The smallest absolute Gasteiger partial charge is 0.323 e. The third-order valence-electron chi connectivity index (χ3n) is 3.20. The Hall–Kier alpha value is 0.350. The summed E-state index contributed by atoms with van der Waals surface area (Å²) in [5.74, 6) is 0.0847. The van der Waals surface area contributed by atoms with Gasteiger partial charge < -0.3 is 25.8 Å². The van der Waals surface area contributed by atoms with Crippen LogP contribution in [-0.4, -0.2) is 27.3 Å². The van der Waals surface area contributed by atoms with Gasteiger partial charge in [-0.25, -0.2) is 0 Å². The van der Waals surface area contributed by atoms with Crippen LogP contribution in [0.1, 0.15) is 11.7 Å². The van der Waals surface area contributed by atoms with Crippen molar-refractivity contribution in [3.8, 4) is 17.2 Å². The molecule has 10 heteroatoms. The molecule has 0 saturated heterocycles. The molecule has 2 unspecified atom stereocenters. The first-order chi connectivity index (χ1) is 11.6. The summed E-state index contributed by atoms with van der Waals surface area (Å²) in [5.41, 5.74) is 5.90. The summed E-state index contributed by atoms with van der Waals surface area (Å²) in [5, 5.41) is 28.9. The number of phenols is 1. The molecule has 0 saturated carbocycles. The Bertz CT molecular complexity index is 784. The molecule has 6 nitrogen and oxygen atoms in total. The van der Waals surface area contributed by atoms with Crippen molar-refractivity contribution < 1.29 is 24.9 Å². The molecule has 2 aromatic carbocycles. The lowest BCUT2D eigenvalue weighted by Crippen LogP contribution is -2.36. The number of aliphatic hydroxyl groups is 1. The Balaban J connectivity index is 2.36. The Kier molecular flexibility index (Phi) is 7.82. The van der Waals surface area contributed by atoms with Crippen LogP contribution in [0, 0.1) is 14.3 Å². The van der Waals surface area contributed by atoms with Gasteiger partial charge in [0, 0.05) is 0 Å². The maximum Gasteiger partial charge on any atom is 0.323 e. The van der Waals surface area contributed by atoms with Crippen molar-refractivity contribution in [3.05, 3.63) is 44.1 Å². The number of benzene rings is 2. The average molecular weight is 793 g/mol. The van der Waals surface area contributed by atoms with E-state index in [4.69, 9.17) is 15.6 Å². The molecule has 25 heavy (non-hydrogen) atoms. The van der Waals surface area contributed by atoms with E-state index < -0.39 is 18.1 Å². The van der Waals surface area contributed by atoms with Gasteiger partial charge in [0.15, 0.2) is 5.75 Å². The molecule has 5 N–H and O–H groups in total. The van der Waals surface area contributed by atoms with E-state index in [1.165, 1.54) is 0 Å². The first kappa shape index (κ1) is 21.6. The maximum absolute atomic E-state index is 10.9. The molecule has 134 valence electrons. The Morgan fingerprint density at radius 1 is 1.00 bits per heavy atom. The van der Waals surface area contributed by atoms with Crippen molar-refractivity contribution >= 4 is 96.3 Å². The number of carbonyl (C=O) groups is 1. The van der Waals surface area contributed by atoms with Gasteiger partial charge in [-0.1, -0.05) is 0 Å². The minimum Gasteiger partial charge on any atom is -0.506 e. The molecular formula is C15H11I4NO5. The van der Waals surface area contributed by atoms with Gasteiger partial charge in [0.05, 0.1) is 14.3 Å². The highest BCUT2D eigenvalue weighted by Gasteiger charge is 2.25. The van der Waals surface area contributed by atoms with Crippen LogP contribution in [0.2, 0.25) is 0 Å². The molecule has 2 rings (SSSR count). The molecule has 0 spiro atoms. The highest BCUT2D eigenvalue weighted by Crippen LogP contribution is 2.37. The number of hydrogen-bond acceptors (Lipinski definition) is 5. The largest absolute Gasteiger partial charge is 0.506 e. The third kappa shape index (κ3) is 5.20. The van der Waals surface area contributed by atoms with Crippen molar-refractivity contribution in [1.29, 1.82) is 0 Å². The molecule has 0 aliphatic heterocycles. The number of halogens is 4. The average Bonchev–Trinajstić information content (AvgIpc) is 2.54. The molecule has 0 aliphatic rings. The van der Waals surface area contributed by atoms with Gasteiger partial charge >= 0.3 is 5.97 Å². The van der Waals surface area contributed by atoms with E-state index >= 15 is 0 Å². The van der Waals surface area contributed by atoms with Gasteiger partial charge in [-0.2, -0.15) is 0 Å². The lowest BCUT2D eigenvalue weighted by Gasteiger charge is -2.18. The fraction of sp³-hybridized carbons (Fsp3) is 0.133. The standard InChI is InChI=1S/C15H11I4NO5/c16-7-3-6(4-8(17)13(7)22)25-14-9(18)1-5(2-10(14)19)12(21)11(20)15(23)24/h1-4,11-12,21-22H,20H2,(H,23,24). The Morgan fingerprint density at radius 3 is 1.92 bits per heavy atom. The highest BCUT2D eigenvalue weighted by atomic mass is 127. The molecule has 0 radical (unpaired) electrons. The van der Waals surface area contributed by atoms with Crippen LogP contribution >= 0.6 is 90.4 Å². The number of rotatable bonds is 5. The first-order valence-electron chi connectivity index (χ1n) is 6.63. The van der Waals surface area contributed by atoms with Gasteiger partial charge in [-0.05, 0) is 120 Å². The number of aliphatic hydroxyl groups excluding tert-OH is 1. The third-order valence-corrected chi connectivity index (χ3v) is 6.44. The van der Waals surface area contributed by atoms with Crippen LogP contribution in [-0.2, 0) is 4.79 Å². The summed E-state index contributed by atoms with van der Waals surface area (Å²) in [7, 11) is 0. The SMILES string of the molecule is NC(C(=O)O)C(O)c1cc(I)c(Oc2cc(I)c(O)c(I)c2)c(I)c1. The second-order valence-corrected chi connectivity index (χ2v) is 9.61. The fourth-order valence-electron chi connectivity index (χ4n) is 1.91. The molecule has 0 heterocycles. The molecule has 0 fully saturated rings. The van der Waals surface area contributed by atoms with Crippen molar-refractivity contribution in [1.82, 2.24) is 0 Å². The van der Waals surface area contributed by atoms with Crippen LogP contribution in [0.3, 0.4) is 0 Å². The zero-order chi connectivity index (χ0) is 18.9. The van der Waals surface area contributed by atoms with Gasteiger partial charge in [0.25, 0.3) is 0 Å². The van der Waals surface area contributed by atoms with Crippen molar-refractivity contribution in [2.75, 3.05) is 0 Å². The minimum atomic E-state index is -1.40. The van der Waals surface area contributed by atoms with Gasteiger partial charge in [0.2, 0.25) is 0 Å². The minimum absolute atomic E-state index is 0.207. The van der Waals surface area contributed by atoms with Crippen LogP contribution in [0.15, 0.2) is 24.3 Å². The van der Waals surface area contributed by atoms with Gasteiger partial charge in [0.1, 0.15) is 23.6 Å². The topological polar surface area (TPSA) is 113 Å². The zero-order valence-corrected chi connectivity index (χ0v) is 20.8. The van der Waals surface area contributed by atoms with Crippen molar-refractivity contribution in [3.63, 3.8) is 0 Å². The molecule has 0 aromatic heterocycles. The summed E-state index contributed by atoms with van der Waals surface area (Å²) in [6, 6.07) is 5.31. The second-order valence-electron chi connectivity index (χ2n) is 4.96. The normalized spacial score (nSPS) is 13.4. The lowest BCUT2D eigenvalue weighted by molar-refractivity contribution is -0.141. The van der Waals surface area contributed by atoms with Crippen LogP contribution < -0.4 is 10.5 Å². The fourth-order valence-corrected chi connectivity index (χ4v) is 5.66. The monoisotopic (exact) mass is 793 g/mol. The predicted molar refractivity (Wildman–Crippen MR) is 126 cm³/mol. The number of ether oxygens (including phenoxy) is 1. The lowest BCUT2D eigenvalue weighted by atomic mass is 10.0. The molecule has 0 bridgehead atoms. The van der Waals surface area contributed by atoms with Crippen LogP contribution in [0.5, 0.6) is 17.2 Å². The van der Waals surface area contributed by atoms with Crippen LogP contribution in [0.25, 0.3) is 0 Å². The number of aromatic hydroxyl groups is 1. The van der Waals surface area contributed by atoms with E-state index in [0.717, 1.165) is 0 Å². The quantitative estimate of drug-likeness (QED) is 0.341. The summed E-state index contributed by atoms with van der Waals surface area (Å²) in [6.45, 7) is 0. The van der Waals surface area contributed by atoms with E-state index in [-0.39, 0.29) is 5.75 Å². The maximum atomic E-state index is 10.9. The van der Waals surface area contributed by atoms with E-state index in [0.29, 0.717) is 31.3 Å². The molecule has 0 aliphatic carbocycles. The molecule has 2 atom stereocenters. The molecule has 0 amide bonds. The van der Waals surface area contributed by atoms with Gasteiger partial charge in [-0.15, -0.1) is 0 Å². The number of carboxylic acid groups (broad SMARTS) is 1.